The summed E-state index contributed by atoms with van der Waals surface area (Å²) in [6.07, 6.45) is 15.3. The Kier molecular flexibility index (Phi) is 11.2. The third kappa shape index (κ3) is 8.31. The number of ketones is 1. The van der Waals surface area contributed by atoms with Gasteiger partial charge in [-0.1, -0.05) is 51.0 Å². The van der Waals surface area contributed by atoms with E-state index in [1.54, 1.807) is 0 Å². The lowest BCUT2D eigenvalue weighted by Gasteiger charge is -2.17. The lowest BCUT2D eigenvalue weighted by Crippen LogP contribution is -2.16. The SMILES string of the molecule is CCCCC(C)C(O)C=C[C@@H]1CCC(=O)[C@H]1C/C=C\CCCC(=O)OC. The molecule has 0 bridgehead atoms. The number of Topliss-reactive ketones (excluding diaryl/α,β-unsaturated/α-hetero) is 1. The molecule has 0 radical (unpaired) electrons. The standard InChI is InChI=1S/C22H36O4/c1-4-5-10-17(2)20(23)15-13-18-14-16-21(24)19(18)11-8-6-7-9-12-22(25)26-3/h6,8,13,15,17-20,23H,4-5,7,9-12,14,16H2,1-3H3/b8-6-,15-13?/t17?,18-,19+,20?/m1/s1. The molecule has 0 aromatic carbocycles. The predicted molar refractivity (Wildman–Crippen MR) is 105 cm³/mol. The molecule has 0 saturated heterocycles. The summed E-state index contributed by atoms with van der Waals surface area (Å²) in [6.45, 7) is 4.24. The number of ether oxygens (including phenoxy) is 1. The lowest BCUT2D eigenvalue weighted by molar-refractivity contribution is -0.140. The monoisotopic (exact) mass is 364 g/mol. The molecule has 1 rings (SSSR count). The summed E-state index contributed by atoms with van der Waals surface area (Å²) < 4.78 is 4.61. The summed E-state index contributed by atoms with van der Waals surface area (Å²) in [5, 5.41) is 10.3. The van der Waals surface area contributed by atoms with Crippen LogP contribution in [0.5, 0.6) is 0 Å². The largest absolute Gasteiger partial charge is 0.469 e. The van der Waals surface area contributed by atoms with Gasteiger partial charge in [0.15, 0.2) is 0 Å². The summed E-state index contributed by atoms with van der Waals surface area (Å²) in [5.74, 6) is 0.668. The van der Waals surface area contributed by atoms with Crippen molar-refractivity contribution in [1.29, 1.82) is 0 Å². The van der Waals surface area contributed by atoms with Crippen LogP contribution in [-0.4, -0.2) is 30.1 Å². The van der Waals surface area contributed by atoms with Crippen molar-refractivity contribution in [3.05, 3.63) is 24.3 Å². The van der Waals surface area contributed by atoms with Gasteiger partial charge < -0.3 is 9.84 Å². The zero-order valence-electron chi connectivity index (χ0n) is 16.7. The molecule has 1 N–H and O–H groups in total. The Bertz CT molecular complexity index is 481. The number of hydrogen-bond donors (Lipinski definition) is 1. The molecule has 4 atom stereocenters. The maximum Gasteiger partial charge on any atom is 0.305 e. The van der Waals surface area contributed by atoms with Gasteiger partial charge in [0, 0.05) is 18.8 Å². The smallest absolute Gasteiger partial charge is 0.305 e. The molecule has 2 unspecified atom stereocenters. The van der Waals surface area contributed by atoms with Gasteiger partial charge in [0.2, 0.25) is 0 Å². The molecular formula is C22H36O4. The number of aliphatic hydroxyl groups is 1. The second-order valence-electron chi connectivity index (χ2n) is 7.45. The molecule has 0 aromatic rings. The summed E-state index contributed by atoms with van der Waals surface area (Å²) in [5.41, 5.74) is 0. The number of carbonyl (C=O) groups is 2. The highest BCUT2D eigenvalue weighted by Crippen LogP contribution is 2.33. The third-order valence-electron chi connectivity index (χ3n) is 5.34. The number of carbonyl (C=O) groups excluding carboxylic acids is 2. The van der Waals surface area contributed by atoms with Crippen molar-refractivity contribution in [3.8, 4) is 0 Å². The van der Waals surface area contributed by atoms with E-state index in [1.165, 1.54) is 7.11 Å². The number of unbranched alkanes of at least 4 members (excludes halogenated alkanes) is 2. The van der Waals surface area contributed by atoms with Gasteiger partial charge in [0.25, 0.3) is 0 Å². The number of rotatable bonds is 12. The maximum atomic E-state index is 12.2. The second-order valence-corrected chi connectivity index (χ2v) is 7.45. The van der Waals surface area contributed by atoms with Crippen molar-refractivity contribution in [2.75, 3.05) is 7.11 Å². The molecule has 0 aliphatic heterocycles. The van der Waals surface area contributed by atoms with Crippen molar-refractivity contribution < 1.29 is 19.4 Å². The van der Waals surface area contributed by atoms with E-state index in [0.29, 0.717) is 18.6 Å². The number of esters is 1. The van der Waals surface area contributed by atoms with Gasteiger partial charge in [-0.15, -0.1) is 0 Å². The van der Waals surface area contributed by atoms with Gasteiger partial charge in [-0.2, -0.15) is 0 Å². The first kappa shape index (κ1) is 22.6. The third-order valence-corrected chi connectivity index (χ3v) is 5.34. The van der Waals surface area contributed by atoms with Crippen LogP contribution in [-0.2, 0) is 14.3 Å². The molecule has 1 aliphatic carbocycles. The molecule has 148 valence electrons. The van der Waals surface area contributed by atoms with Crippen molar-refractivity contribution in [2.45, 2.75) is 77.7 Å². The van der Waals surface area contributed by atoms with Crippen molar-refractivity contribution in [3.63, 3.8) is 0 Å². The van der Waals surface area contributed by atoms with E-state index in [-0.39, 0.29) is 23.7 Å². The Hall–Kier alpha value is -1.42. The highest BCUT2D eigenvalue weighted by Gasteiger charge is 2.32. The minimum atomic E-state index is -0.424. The molecule has 0 aromatic heterocycles. The Morgan fingerprint density at radius 2 is 2.12 bits per heavy atom. The van der Waals surface area contributed by atoms with Gasteiger partial charge in [-0.05, 0) is 43.9 Å². The number of allylic oxidation sites excluding steroid dienone is 3. The predicted octanol–water partition coefficient (Wildman–Crippen LogP) is 4.61. The first-order valence-corrected chi connectivity index (χ1v) is 10.1. The molecule has 4 nitrogen and oxygen atoms in total. The Morgan fingerprint density at radius 3 is 2.81 bits per heavy atom. The maximum absolute atomic E-state index is 12.2. The van der Waals surface area contributed by atoms with Crippen LogP contribution in [0.25, 0.3) is 0 Å². The van der Waals surface area contributed by atoms with E-state index in [2.05, 4.69) is 36.8 Å². The van der Waals surface area contributed by atoms with Gasteiger partial charge in [0.1, 0.15) is 5.78 Å². The van der Waals surface area contributed by atoms with E-state index >= 15 is 0 Å². The van der Waals surface area contributed by atoms with Crippen LogP contribution in [0.2, 0.25) is 0 Å². The molecule has 26 heavy (non-hydrogen) atoms. The molecule has 0 spiro atoms. The molecule has 1 saturated carbocycles. The molecule has 1 fully saturated rings. The number of methoxy groups -OCH3 is 1. The van der Waals surface area contributed by atoms with Crippen LogP contribution in [0, 0.1) is 17.8 Å². The van der Waals surface area contributed by atoms with Gasteiger partial charge >= 0.3 is 5.97 Å². The minimum absolute atomic E-state index is 0.0289. The van der Waals surface area contributed by atoms with Crippen LogP contribution in [0.1, 0.15) is 71.6 Å². The fourth-order valence-corrected chi connectivity index (χ4v) is 3.44. The van der Waals surface area contributed by atoms with Crippen molar-refractivity contribution in [1.82, 2.24) is 0 Å². The van der Waals surface area contributed by atoms with Crippen molar-refractivity contribution >= 4 is 11.8 Å². The zero-order chi connectivity index (χ0) is 19.4. The quantitative estimate of drug-likeness (QED) is 0.312. The second kappa shape index (κ2) is 12.9. The summed E-state index contributed by atoms with van der Waals surface area (Å²) in [7, 11) is 1.40. The van der Waals surface area contributed by atoms with Crippen LogP contribution < -0.4 is 0 Å². The summed E-state index contributed by atoms with van der Waals surface area (Å²) >= 11 is 0. The van der Waals surface area contributed by atoms with Crippen LogP contribution >= 0.6 is 0 Å². The summed E-state index contributed by atoms with van der Waals surface area (Å²) in [6, 6.07) is 0. The molecule has 0 heterocycles. The minimum Gasteiger partial charge on any atom is -0.469 e. The molecular weight excluding hydrogens is 328 g/mol. The van der Waals surface area contributed by atoms with E-state index in [9.17, 15) is 14.7 Å². The van der Waals surface area contributed by atoms with Gasteiger partial charge in [0.05, 0.1) is 13.2 Å². The van der Waals surface area contributed by atoms with Crippen LogP contribution in [0.3, 0.4) is 0 Å². The zero-order valence-corrected chi connectivity index (χ0v) is 16.7. The topological polar surface area (TPSA) is 63.6 Å². The molecule has 4 heteroatoms. The van der Waals surface area contributed by atoms with Gasteiger partial charge in [-0.25, -0.2) is 0 Å². The average Bonchev–Trinajstić information content (AvgIpc) is 2.99. The Balaban J connectivity index is 2.42. The number of aliphatic hydroxyl groups excluding tert-OH is 1. The summed E-state index contributed by atoms with van der Waals surface area (Å²) in [4.78, 5) is 23.2. The molecule has 0 amide bonds. The average molecular weight is 365 g/mol. The normalized spacial score (nSPS) is 23.0. The Morgan fingerprint density at radius 1 is 1.35 bits per heavy atom. The fraction of sp³-hybridized carbons (Fsp3) is 0.727. The molecule has 1 aliphatic rings. The van der Waals surface area contributed by atoms with E-state index < -0.39 is 6.10 Å². The highest BCUT2D eigenvalue weighted by atomic mass is 16.5. The fourth-order valence-electron chi connectivity index (χ4n) is 3.44. The van der Waals surface area contributed by atoms with E-state index in [4.69, 9.17) is 0 Å². The first-order chi connectivity index (χ1) is 12.5. The van der Waals surface area contributed by atoms with E-state index in [1.807, 2.05) is 6.08 Å². The number of hydrogen-bond acceptors (Lipinski definition) is 4. The first-order valence-electron chi connectivity index (χ1n) is 10.1. The van der Waals surface area contributed by atoms with Crippen molar-refractivity contribution in [2.24, 2.45) is 17.8 Å². The highest BCUT2D eigenvalue weighted by molar-refractivity contribution is 5.83. The van der Waals surface area contributed by atoms with Gasteiger partial charge in [-0.3, -0.25) is 9.59 Å². The van der Waals surface area contributed by atoms with E-state index in [0.717, 1.165) is 44.9 Å². The van der Waals surface area contributed by atoms with Crippen LogP contribution in [0.4, 0.5) is 0 Å². The Labute approximate surface area is 158 Å². The van der Waals surface area contributed by atoms with Crippen LogP contribution in [0.15, 0.2) is 24.3 Å². The lowest BCUT2D eigenvalue weighted by atomic mass is 9.90.